The zero-order chi connectivity index (χ0) is 17.2. The molecule has 144 valence electrons. The lowest BCUT2D eigenvalue weighted by molar-refractivity contribution is 0.263. The average Bonchev–Trinajstić information content (AvgIpc) is 3.35. The van der Waals surface area contributed by atoms with Crippen LogP contribution in [0.3, 0.4) is 0 Å². The Kier molecular flexibility index (Phi) is 13.1. The highest BCUT2D eigenvalue weighted by molar-refractivity contribution is 14.0. The average molecular weight is 453 g/mol. The summed E-state index contributed by atoms with van der Waals surface area (Å²) in [5.41, 5.74) is 0. The molecule has 0 heterocycles. The molecule has 2 N–H and O–H groups in total. The van der Waals surface area contributed by atoms with E-state index in [-0.39, 0.29) is 24.0 Å². The number of rotatable bonds is 11. The van der Waals surface area contributed by atoms with Crippen LogP contribution >= 0.6 is 24.0 Å². The van der Waals surface area contributed by atoms with Gasteiger partial charge in [-0.15, -0.1) is 24.0 Å². The minimum absolute atomic E-state index is 0. The van der Waals surface area contributed by atoms with Crippen molar-refractivity contribution in [2.24, 2.45) is 10.9 Å². The zero-order valence-electron chi connectivity index (χ0n) is 16.6. The van der Waals surface area contributed by atoms with Gasteiger partial charge in [-0.05, 0) is 72.3 Å². The molecule has 0 spiro atoms. The van der Waals surface area contributed by atoms with Gasteiger partial charge in [-0.1, -0.05) is 13.8 Å². The van der Waals surface area contributed by atoms with Gasteiger partial charge < -0.3 is 20.4 Å². The zero-order valence-corrected chi connectivity index (χ0v) is 19.0. The second kappa shape index (κ2) is 13.2. The number of nitrogens with one attached hydrogen (secondary N) is 2. The fourth-order valence-corrected chi connectivity index (χ4v) is 3.11. The molecule has 1 aliphatic carbocycles. The lowest BCUT2D eigenvalue weighted by Gasteiger charge is -2.26. The summed E-state index contributed by atoms with van der Waals surface area (Å²) in [6, 6.07) is 1.07. The largest absolute Gasteiger partial charge is 0.355 e. The molecule has 1 aliphatic rings. The molecule has 0 radical (unpaired) electrons. The summed E-state index contributed by atoms with van der Waals surface area (Å²) in [6.45, 7) is 11.2. The molecule has 1 fully saturated rings. The molecule has 0 saturated heterocycles. The third kappa shape index (κ3) is 9.42. The van der Waals surface area contributed by atoms with Crippen molar-refractivity contribution in [2.75, 3.05) is 47.3 Å². The fourth-order valence-electron chi connectivity index (χ4n) is 3.11. The fraction of sp³-hybridized carbons (Fsp3) is 0.944. The Morgan fingerprint density at radius 2 is 1.83 bits per heavy atom. The molecule has 24 heavy (non-hydrogen) atoms. The number of guanidine groups is 1. The van der Waals surface area contributed by atoms with E-state index >= 15 is 0 Å². The van der Waals surface area contributed by atoms with E-state index in [2.05, 4.69) is 60.3 Å². The second-order valence-electron chi connectivity index (χ2n) is 7.04. The maximum Gasteiger partial charge on any atom is 0.191 e. The van der Waals surface area contributed by atoms with Crippen LogP contribution in [-0.2, 0) is 0 Å². The molecule has 0 aromatic carbocycles. The molecular weight excluding hydrogens is 413 g/mol. The molecule has 6 heteroatoms. The number of hydrogen-bond donors (Lipinski definition) is 2. The van der Waals surface area contributed by atoms with E-state index in [9.17, 15) is 0 Å². The van der Waals surface area contributed by atoms with E-state index in [1.165, 1.54) is 32.2 Å². The summed E-state index contributed by atoms with van der Waals surface area (Å²) < 4.78 is 0. The minimum atomic E-state index is 0. The summed E-state index contributed by atoms with van der Waals surface area (Å²) in [4.78, 5) is 9.20. The van der Waals surface area contributed by atoms with Gasteiger partial charge in [0.25, 0.3) is 0 Å². The lowest BCUT2D eigenvalue weighted by atomic mass is 10.1. The Morgan fingerprint density at radius 3 is 2.29 bits per heavy atom. The van der Waals surface area contributed by atoms with Crippen molar-refractivity contribution >= 4 is 29.9 Å². The number of halogens is 1. The maximum absolute atomic E-state index is 4.38. The van der Waals surface area contributed by atoms with Crippen molar-refractivity contribution in [3.8, 4) is 0 Å². The van der Waals surface area contributed by atoms with Gasteiger partial charge in [0.1, 0.15) is 0 Å². The first-order chi connectivity index (χ1) is 11.0. The van der Waals surface area contributed by atoms with Crippen LogP contribution in [0.15, 0.2) is 4.99 Å². The predicted octanol–water partition coefficient (Wildman–Crippen LogP) is 2.62. The SMILES string of the molecule is CCN(CC)CCCC(C)NC(=NC)NCC(C1CC1)N(C)C.I. The first-order valence-electron chi connectivity index (χ1n) is 9.37. The first-order valence-corrected chi connectivity index (χ1v) is 9.37. The lowest BCUT2D eigenvalue weighted by Crippen LogP contribution is -2.48. The summed E-state index contributed by atoms with van der Waals surface area (Å²) in [5, 5.41) is 7.04. The monoisotopic (exact) mass is 453 g/mol. The van der Waals surface area contributed by atoms with Crippen LogP contribution < -0.4 is 10.6 Å². The molecule has 0 aliphatic heterocycles. The summed E-state index contributed by atoms with van der Waals surface area (Å²) in [7, 11) is 6.22. The van der Waals surface area contributed by atoms with Crippen molar-refractivity contribution in [3.63, 3.8) is 0 Å². The van der Waals surface area contributed by atoms with Gasteiger partial charge in [-0.25, -0.2) is 0 Å². The van der Waals surface area contributed by atoms with Gasteiger partial charge in [-0.3, -0.25) is 4.99 Å². The Hall–Kier alpha value is -0.0800. The smallest absolute Gasteiger partial charge is 0.191 e. The first kappa shape index (κ1) is 23.9. The number of aliphatic imine (C=N–C) groups is 1. The summed E-state index contributed by atoms with van der Waals surface area (Å²) in [6.07, 6.45) is 5.16. The highest BCUT2D eigenvalue weighted by Crippen LogP contribution is 2.34. The topological polar surface area (TPSA) is 42.9 Å². The van der Waals surface area contributed by atoms with Crippen molar-refractivity contribution in [2.45, 2.75) is 58.5 Å². The Bertz CT molecular complexity index is 338. The molecule has 5 nitrogen and oxygen atoms in total. The van der Waals surface area contributed by atoms with Crippen molar-refractivity contribution < 1.29 is 0 Å². The summed E-state index contributed by atoms with van der Waals surface area (Å²) in [5.74, 6) is 1.80. The van der Waals surface area contributed by atoms with Gasteiger partial charge in [0.05, 0.1) is 0 Å². The molecule has 0 amide bonds. The highest BCUT2D eigenvalue weighted by atomic mass is 127. The van der Waals surface area contributed by atoms with E-state index in [1.54, 1.807) is 0 Å². The van der Waals surface area contributed by atoms with Crippen LogP contribution in [0.25, 0.3) is 0 Å². The van der Waals surface area contributed by atoms with E-state index in [1.807, 2.05) is 7.05 Å². The second-order valence-corrected chi connectivity index (χ2v) is 7.04. The highest BCUT2D eigenvalue weighted by Gasteiger charge is 2.32. The molecule has 0 aromatic rings. The molecule has 2 unspecified atom stereocenters. The number of likely N-dealkylation sites (N-methyl/N-ethyl adjacent to an activating group) is 1. The van der Waals surface area contributed by atoms with Crippen molar-refractivity contribution in [1.29, 1.82) is 0 Å². The Balaban J connectivity index is 0.00000529. The van der Waals surface area contributed by atoms with Crippen LogP contribution in [0.1, 0.15) is 46.5 Å². The van der Waals surface area contributed by atoms with Gasteiger partial charge in [-0.2, -0.15) is 0 Å². The standard InChI is InChI=1S/C18H39N5.HI/c1-7-23(8-2)13-9-10-15(3)21-18(19-4)20-14-17(22(5)6)16-11-12-16;/h15-17H,7-14H2,1-6H3,(H2,19,20,21);1H. The van der Waals surface area contributed by atoms with Gasteiger partial charge in [0.15, 0.2) is 5.96 Å². The van der Waals surface area contributed by atoms with Crippen LogP contribution in [0.4, 0.5) is 0 Å². The van der Waals surface area contributed by atoms with E-state index < -0.39 is 0 Å². The molecule has 1 rings (SSSR count). The quantitative estimate of drug-likeness (QED) is 0.287. The Morgan fingerprint density at radius 1 is 1.21 bits per heavy atom. The number of nitrogens with zero attached hydrogens (tertiary/aromatic N) is 3. The molecular formula is C18H40IN5. The van der Waals surface area contributed by atoms with E-state index in [4.69, 9.17) is 0 Å². The predicted molar refractivity (Wildman–Crippen MR) is 117 cm³/mol. The maximum atomic E-state index is 4.38. The third-order valence-electron chi connectivity index (χ3n) is 4.92. The number of hydrogen-bond acceptors (Lipinski definition) is 3. The van der Waals surface area contributed by atoms with Crippen LogP contribution in [0.5, 0.6) is 0 Å². The third-order valence-corrected chi connectivity index (χ3v) is 4.92. The normalized spacial score (nSPS) is 17.6. The van der Waals surface area contributed by atoms with E-state index in [0.717, 1.165) is 31.5 Å². The van der Waals surface area contributed by atoms with Crippen LogP contribution in [-0.4, -0.2) is 75.2 Å². The summed E-state index contributed by atoms with van der Waals surface area (Å²) >= 11 is 0. The van der Waals surface area contributed by atoms with Crippen molar-refractivity contribution in [1.82, 2.24) is 20.4 Å². The van der Waals surface area contributed by atoms with Crippen molar-refractivity contribution in [3.05, 3.63) is 0 Å². The Labute approximate surface area is 167 Å². The molecule has 2 atom stereocenters. The van der Waals surface area contributed by atoms with Crippen LogP contribution in [0.2, 0.25) is 0 Å². The van der Waals surface area contributed by atoms with Gasteiger partial charge in [0, 0.05) is 25.7 Å². The molecule has 1 saturated carbocycles. The molecule has 0 bridgehead atoms. The van der Waals surface area contributed by atoms with Gasteiger partial charge >= 0.3 is 0 Å². The van der Waals surface area contributed by atoms with Gasteiger partial charge in [0.2, 0.25) is 0 Å². The minimum Gasteiger partial charge on any atom is -0.355 e. The molecule has 0 aromatic heterocycles. The van der Waals surface area contributed by atoms with Crippen LogP contribution in [0, 0.1) is 5.92 Å². The van der Waals surface area contributed by atoms with E-state index in [0.29, 0.717) is 12.1 Å².